The minimum absolute atomic E-state index is 0.148. The van der Waals surface area contributed by atoms with Crippen LogP contribution in [0.15, 0.2) is 5.38 Å². The molecule has 2 rings (SSSR count). The number of hydrogen-bond acceptors (Lipinski definition) is 5. The number of carbonyl (C=O) groups is 1. The Balaban J connectivity index is 1.70. The molecule has 0 radical (unpaired) electrons. The van der Waals surface area contributed by atoms with Crippen LogP contribution in [-0.2, 0) is 17.8 Å². The van der Waals surface area contributed by atoms with Crippen LogP contribution in [0.2, 0.25) is 0 Å². The predicted octanol–water partition coefficient (Wildman–Crippen LogP) is 1.74. The number of amides is 1. The standard InChI is InChI=1S/C16H28N4OS/c1-4-13(3)17-15(21)11-20-8-6-19(7-9-20)10-14-12-22-16(5-2)18-14/h12-13H,4-11H2,1-3H3,(H,17,21). The van der Waals surface area contributed by atoms with Crippen molar-refractivity contribution < 1.29 is 4.79 Å². The van der Waals surface area contributed by atoms with E-state index < -0.39 is 0 Å². The van der Waals surface area contributed by atoms with E-state index in [0.29, 0.717) is 6.54 Å². The third-order valence-corrected chi connectivity index (χ3v) is 5.18. The summed E-state index contributed by atoms with van der Waals surface area (Å²) in [6, 6.07) is 0.270. The van der Waals surface area contributed by atoms with Crippen LogP contribution in [0.4, 0.5) is 0 Å². The molecule has 1 unspecified atom stereocenters. The maximum Gasteiger partial charge on any atom is 0.234 e. The highest BCUT2D eigenvalue weighted by atomic mass is 32.1. The van der Waals surface area contributed by atoms with Gasteiger partial charge in [-0.2, -0.15) is 0 Å². The summed E-state index contributed by atoms with van der Waals surface area (Å²) in [6.45, 7) is 11.7. The van der Waals surface area contributed by atoms with E-state index in [0.717, 1.165) is 45.6 Å². The highest BCUT2D eigenvalue weighted by molar-refractivity contribution is 7.09. The molecule has 2 heterocycles. The lowest BCUT2D eigenvalue weighted by Gasteiger charge is -2.34. The average Bonchev–Trinajstić information content (AvgIpc) is 2.96. The van der Waals surface area contributed by atoms with Gasteiger partial charge in [0, 0.05) is 44.1 Å². The maximum atomic E-state index is 11.9. The van der Waals surface area contributed by atoms with Crippen molar-refractivity contribution in [2.24, 2.45) is 0 Å². The van der Waals surface area contributed by atoms with Crippen LogP contribution in [0, 0.1) is 0 Å². The fourth-order valence-electron chi connectivity index (χ4n) is 2.54. The van der Waals surface area contributed by atoms with Crippen molar-refractivity contribution in [3.8, 4) is 0 Å². The average molecular weight is 324 g/mol. The molecule has 5 nitrogen and oxygen atoms in total. The second-order valence-corrected chi connectivity index (χ2v) is 6.96. The summed E-state index contributed by atoms with van der Waals surface area (Å²) >= 11 is 1.75. The lowest BCUT2D eigenvalue weighted by atomic mass is 10.2. The fourth-order valence-corrected chi connectivity index (χ4v) is 3.28. The van der Waals surface area contributed by atoms with E-state index in [1.807, 2.05) is 6.92 Å². The number of nitrogens with zero attached hydrogens (tertiary/aromatic N) is 3. The summed E-state index contributed by atoms with van der Waals surface area (Å²) in [5.74, 6) is 0.148. The van der Waals surface area contributed by atoms with E-state index in [1.165, 1.54) is 10.7 Å². The molecule has 1 aromatic heterocycles. The van der Waals surface area contributed by atoms with Gasteiger partial charge in [0.2, 0.25) is 5.91 Å². The Morgan fingerprint density at radius 1 is 1.32 bits per heavy atom. The van der Waals surface area contributed by atoms with Gasteiger partial charge in [-0.15, -0.1) is 11.3 Å². The molecule has 1 saturated heterocycles. The van der Waals surface area contributed by atoms with Crippen molar-refractivity contribution in [3.63, 3.8) is 0 Å². The van der Waals surface area contributed by atoms with E-state index in [1.54, 1.807) is 11.3 Å². The summed E-state index contributed by atoms with van der Waals surface area (Å²) in [7, 11) is 0. The molecular weight excluding hydrogens is 296 g/mol. The van der Waals surface area contributed by atoms with Crippen LogP contribution in [-0.4, -0.2) is 59.5 Å². The quantitative estimate of drug-likeness (QED) is 0.830. The van der Waals surface area contributed by atoms with Crippen LogP contribution in [0.1, 0.15) is 37.9 Å². The van der Waals surface area contributed by atoms with Crippen LogP contribution in [0.3, 0.4) is 0 Å². The van der Waals surface area contributed by atoms with Crippen molar-refractivity contribution in [1.29, 1.82) is 0 Å². The van der Waals surface area contributed by atoms with Gasteiger partial charge in [-0.1, -0.05) is 13.8 Å². The van der Waals surface area contributed by atoms with Crippen molar-refractivity contribution in [3.05, 3.63) is 16.1 Å². The first-order chi connectivity index (χ1) is 10.6. The molecule has 0 bridgehead atoms. The largest absolute Gasteiger partial charge is 0.353 e. The van der Waals surface area contributed by atoms with Crippen molar-refractivity contribution in [1.82, 2.24) is 20.1 Å². The minimum Gasteiger partial charge on any atom is -0.353 e. The molecule has 6 heteroatoms. The molecule has 1 aliphatic rings. The zero-order valence-corrected chi connectivity index (χ0v) is 14.8. The summed E-state index contributed by atoms with van der Waals surface area (Å²) in [5.41, 5.74) is 1.19. The zero-order valence-electron chi connectivity index (χ0n) is 14.0. The molecule has 0 spiro atoms. The van der Waals surface area contributed by atoms with Gasteiger partial charge in [-0.05, 0) is 19.8 Å². The van der Waals surface area contributed by atoms with Crippen molar-refractivity contribution in [2.75, 3.05) is 32.7 Å². The molecule has 0 aliphatic carbocycles. The third kappa shape index (κ3) is 5.34. The van der Waals surface area contributed by atoms with E-state index >= 15 is 0 Å². The predicted molar refractivity (Wildman–Crippen MR) is 91.1 cm³/mol. The Morgan fingerprint density at radius 2 is 2.00 bits per heavy atom. The Labute approximate surface area is 137 Å². The molecular formula is C16H28N4OS. The number of nitrogens with one attached hydrogen (secondary N) is 1. The molecule has 1 N–H and O–H groups in total. The van der Waals surface area contributed by atoms with E-state index in [-0.39, 0.29) is 11.9 Å². The third-order valence-electron chi connectivity index (χ3n) is 4.14. The van der Waals surface area contributed by atoms with Gasteiger partial charge in [0.25, 0.3) is 0 Å². The summed E-state index contributed by atoms with van der Waals surface area (Å²) in [4.78, 5) is 21.2. The fraction of sp³-hybridized carbons (Fsp3) is 0.750. The molecule has 1 atom stereocenters. The Bertz CT molecular complexity index is 468. The minimum atomic E-state index is 0.148. The zero-order chi connectivity index (χ0) is 15.9. The normalized spacial score (nSPS) is 18.3. The topological polar surface area (TPSA) is 48.5 Å². The molecule has 124 valence electrons. The number of carbonyl (C=O) groups excluding carboxylic acids is 1. The lowest BCUT2D eigenvalue weighted by molar-refractivity contribution is -0.123. The molecule has 1 fully saturated rings. The van der Waals surface area contributed by atoms with Gasteiger partial charge in [-0.3, -0.25) is 14.6 Å². The number of aromatic nitrogens is 1. The van der Waals surface area contributed by atoms with Crippen LogP contribution >= 0.6 is 11.3 Å². The molecule has 0 saturated carbocycles. The van der Waals surface area contributed by atoms with Gasteiger partial charge in [0.15, 0.2) is 0 Å². The van der Waals surface area contributed by atoms with Gasteiger partial charge >= 0.3 is 0 Å². The first kappa shape index (κ1) is 17.4. The van der Waals surface area contributed by atoms with Gasteiger partial charge in [0.05, 0.1) is 17.2 Å². The smallest absolute Gasteiger partial charge is 0.234 e. The number of aryl methyl sites for hydroxylation is 1. The Morgan fingerprint density at radius 3 is 2.59 bits per heavy atom. The Hall–Kier alpha value is -0.980. The van der Waals surface area contributed by atoms with Crippen LogP contribution < -0.4 is 5.32 Å². The SMILES string of the molecule is CCc1nc(CN2CCN(CC(=O)NC(C)CC)CC2)cs1. The number of rotatable bonds is 7. The number of thiazole rings is 1. The summed E-state index contributed by atoms with van der Waals surface area (Å²) < 4.78 is 0. The summed E-state index contributed by atoms with van der Waals surface area (Å²) in [6.07, 6.45) is 2.00. The molecule has 0 aromatic carbocycles. The van der Waals surface area contributed by atoms with Gasteiger partial charge < -0.3 is 5.32 Å². The lowest BCUT2D eigenvalue weighted by Crippen LogP contribution is -2.49. The van der Waals surface area contributed by atoms with Gasteiger partial charge in [0.1, 0.15) is 0 Å². The highest BCUT2D eigenvalue weighted by Gasteiger charge is 2.20. The van der Waals surface area contributed by atoms with Crippen LogP contribution in [0.25, 0.3) is 0 Å². The maximum absolute atomic E-state index is 11.9. The monoisotopic (exact) mass is 324 g/mol. The van der Waals surface area contributed by atoms with Crippen LogP contribution in [0.5, 0.6) is 0 Å². The van der Waals surface area contributed by atoms with Crippen molar-refractivity contribution in [2.45, 2.75) is 46.2 Å². The second-order valence-electron chi connectivity index (χ2n) is 6.02. The van der Waals surface area contributed by atoms with E-state index in [2.05, 4.69) is 39.3 Å². The van der Waals surface area contributed by atoms with Crippen molar-refractivity contribution >= 4 is 17.2 Å². The first-order valence-electron chi connectivity index (χ1n) is 8.28. The number of hydrogen-bond donors (Lipinski definition) is 1. The Kier molecular flexibility index (Phi) is 6.79. The van der Waals surface area contributed by atoms with Gasteiger partial charge in [-0.25, -0.2) is 4.98 Å². The molecule has 1 aliphatic heterocycles. The number of piperazine rings is 1. The summed E-state index contributed by atoms with van der Waals surface area (Å²) in [5, 5.41) is 6.42. The molecule has 1 amide bonds. The second kappa shape index (κ2) is 8.60. The van der Waals surface area contributed by atoms with E-state index in [4.69, 9.17) is 0 Å². The highest BCUT2D eigenvalue weighted by Crippen LogP contribution is 2.13. The first-order valence-corrected chi connectivity index (χ1v) is 9.16. The van der Waals surface area contributed by atoms with E-state index in [9.17, 15) is 4.79 Å². The molecule has 22 heavy (non-hydrogen) atoms. The molecule has 1 aromatic rings.